The molecule has 19 heavy (non-hydrogen) atoms. The monoisotopic (exact) mass is 271 g/mol. The van der Waals surface area contributed by atoms with Crippen LogP contribution in [0.2, 0.25) is 0 Å². The van der Waals surface area contributed by atoms with Gasteiger partial charge < -0.3 is 9.67 Å². The zero-order valence-electron chi connectivity index (χ0n) is 10.2. The van der Waals surface area contributed by atoms with E-state index in [0.717, 1.165) is 23.9 Å². The Labute approximate surface area is 114 Å². The summed E-state index contributed by atoms with van der Waals surface area (Å²) in [7, 11) is 0. The number of thiophene rings is 1. The summed E-state index contributed by atoms with van der Waals surface area (Å²) in [5.41, 5.74) is 2.67. The van der Waals surface area contributed by atoms with Crippen molar-refractivity contribution < 1.29 is 9.90 Å². The number of carboxylic acids is 1. The highest BCUT2D eigenvalue weighted by atomic mass is 32.1. The van der Waals surface area contributed by atoms with Gasteiger partial charge in [0.1, 0.15) is 0 Å². The zero-order valence-corrected chi connectivity index (χ0v) is 11.1. The van der Waals surface area contributed by atoms with Gasteiger partial charge in [-0.1, -0.05) is 6.07 Å². The van der Waals surface area contributed by atoms with Crippen LogP contribution in [0, 0.1) is 0 Å². The Bertz CT molecular complexity index is 713. The first-order valence-electron chi connectivity index (χ1n) is 6.08. The van der Waals surface area contributed by atoms with Crippen LogP contribution >= 0.6 is 11.3 Å². The lowest BCUT2D eigenvalue weighted by atomic mass is 10.1. The van der Waals surface area contributed by atoms with Crippen LogP contribution in [0.15, 0.2) is 47.3 Å². The summed E-state index contributed by atoms with van der Waals surface area (Å²) in [6.07, 6.45) is 2.92. The molecule has 3 aromatic rings. The van der Waals surface area contributed by atoms with Crippen LogP contribution in [0.1, 0.15) is 15.9 Å². The standard InChI is InChI=1S/C15H13NO2S/c17-15(18)13-2-1-3-14-12(13)5-8-16(14)7-4-11-6-9-19-10-11/h1-3,5-6,8-10H,4,7H2,(H,17,18). The van der Waals surface area contributed by atoms with E-state index < -0.39 is 5.97 Å². The molecule has 0 saturated heterocycles. The summed E-state index contributed by atoms with van der Waals surface area (Å²) in [5, 5.41) is 14.2. The van der Waals surface area contributed by atoms with Gasteiger partial charge in [0.2, 0.25) is 0 Å². The fourth-order valence-electron chi connectivity index (χ4n) is 2.29. The Morgan fingerprint density at radius 1 is 1.26 bits per heavy atom. The van der Waals surface area contributed by atoms with E-state index in [0.29, 0.717) is 5.56 Å². The maximum Gasteiger partial charge on any atom is 0.336 e. The number of aromatic carboxylic acids is 1. The van der Waals surface area contributed by atoms with Crippen molar-refractivity contribution in [2.45, 2.75) is 13.0 Å². The second-order valence-corrected chi connectivity index (χ2v) is 5.21. The molecule has 0 amide bonds. The fourth-order valence-corrected chi connectivity index (χ4v) is 2.99. The van der Waals surface area contributed by atoms with E-state index in [1.165, 1.54) is 5.56 Å². The van der Waals surface area contributed by atoms with E-state index in [2.05, 4.69) is 21.4 Å². The van der Waals surface area contributed by atoms with Crippen LogP contribution < -0.4 is 0 Å². The van der Waals surface area contributed by atoms with E-state index >= 15 is 0 Å². The van der Waals surface area contributed by atoms with Gasteiger partial charge in [-0.3, -0.25) is 0 Å². The Balaban J connectivity index is 1.92. The minimum absolute atomic E-state index is 0.367. The van der Waals surface area contributed by atoms with Crippen LogP contribution in [0.25, 0.3) is 10.9 Å². The summed E-state index contributed by atoms with van der Waals surface area (Å²) in [4.78, 5) is 11.2. The zero-order chi connectivity index (χ0) is 13.2. The molecule has 0 bridgehead atoms. The third-order valence-corrected chi connectivity index (χ3v) is 4.00. The number of aromatic nitrogens is 1. The highest BCUT2D eigenvalue weighted by molar-refractivity contribution is 7.07. The van der Waals surface area contributed by atoms with E-state index in [-0.39, 0.29) is 0 Å². The molecule has 2 heterocycles. The average molecular weight is 271 g/mol. The lowest BCUT2D eigenvalue weighted by molar-refractivity contribution is 0.0699. The lowest BCUT2D eigenvalue weighted by Crippen LogP contribution is -2.00. The minimum Gasteiger partial charge on any atom is -0.478 e. The van der Waals surface area contributed by atoms with Crippen molar-refractivity contribution in [2.75, 3.05) is 0 Å². The molecule has 0 unspecified atom stereocenters. The molecular formula is C15H13NO2S. The Morgan fingerprint density at radius 2 is 2.16 bits per heavy atom. The highest BCUT2D eigenvalue weighted by Crippen LogP contribution is 2.21. The number of rotatable bonds is 4. The molecule has 2 aromatic heterocycles. The predicted octanol–water partition coefficient (Wildman–Crippen LogP) is 3.64. The number of hydrogen-bond acceptors (Lipinski definition) is 2. The second-order valence-electron chi connectivity index (χ2n) is 4.43. The number of benzene rings is 1. The van der Waals surface area contributed by atoms with Crippen molar-refractivity contribution in [1.29, 1.82) is 0 Å². The molecule has 0 aliphatic carbocycles. The molecule has 0 aliphatic rings. The predicted molar refractivity (Wildman–Crippen MR) is 76.9 cm³/mol. The quantitative estimate of drug-likeness (QED) is 0.787. The van der Waals surface area contributed by atoms with Crippen molar-refractivity contribution in [1.82, 2.24) is 4.57 Å². The fraction of sp³-hybridized carbons (Fsp3) is 0.133. The number of hydrogen-bond donors (Lipinski definition) is 1. The van der Waals surface area contributed by atoms with Gasteiger partial charge in [-0.15, -0.1) is 0 Å². The van der Waals surface area contributed by atoms with Gasteiger partial charge in [-0.2, -0.15) is 11.3 Å². The van der Waals surface area contributed by atoms with Gasteiger partial charge in [0.05, 0.1) is 5.56 Å². The first kappa shape index (κ1) is 12.0. The molecule has 1 N–H and O–H groups in total. The molecule has 96 valence electrons. The SMILES string of the molecule is O=C(O)c1cccc2c1ccn2CCc1ccsc1. The maximum atomic E-state index is 11.2. The lowest BCUT2D eigenvalue weighted by Gasteiger charge is -2.05. The second kappa shape index (κ2) is 4.90. The van der Waals surface area contributed by atoms with Crippen LogP contribution in [-0.4, -0.2) is 15.6 Å². The number of aryl methyl sites for hydroxylation is 2. The molecule has 0 fully saturated rings. The summed E-state index contributed by atoms with van der Waals surface area (Å²) < 4.78 is 2.11. The molecule has 3 rings (SSSR count). The van der Waals surface area contributed by atoms with Crippen molar-refractivity contribution in [3.63, 3.8) is 0 Å². The first-order valence-corrected chi connectivity index (χ1v) is 7.02. The normalized spacial score (nSPS) is 10.9. The molecule has 0 saturated carbocycles. The van der Waals surface area contributed by atoms with Gasteiger partial charge >= 0.3 is 5.97 Å². The number of carbonyl (C=O) groups is 1. The van der Waals surface area contributed by atoms with Crippen molar-refractivity contribution >= 4 is 28.2 Å². The first-order chi connectivity index (χ1) is 9.25. The van der Waals surface area contributed by atoms with E-state index in [9.17, 15) is 4.79 Å². The van der Waals surface area contributed by atoms with E-state index in [1.54, 1.807) is 23.5 Å². The van der Waals surface area contributed by atoms with Crippen LogP contribution in [0.5, 0.6) is 0 Å². The summed E-state index contributed by atoms with van der Waals surface area (Å²) in [5.74, 6) is -0.874. The number of fused-ring (bicyclic) bond motifs is 1. The van der Waals surface area contributed by atoms with Gasteiger partial charge in [-0.05, 0) is 47.0 Å². The van der Waals surface area contributed by atoms with Crippen LogP contribution in [0.4, 0.5) is 0 Å². The Hall–Kier alpha value is -2.07. The van der Waals surface area contributed by atoms with Crippen molar-refractivity contribution in [2.24, 2.45) is 0 Å². The molecule has 0 atom stereocenters. The maximum absolute atomic E-state index is 11.2. The molecule has 0 aliphatic heterocycles. The summed E-state index contributed by atoms with van der Waals surface area (Å²) in [6.45, 7) is 0.864. The van der Waals surface area contributed by atoms with Crippen LogP contribution in [-0.2, 0) is 13.0 Å². The largest absolute Gasteiger partial charge is 0.478 e. The smallest absolute Gasteiger partial charge is 0.336 e. The summed E-state index contributed by atoms with van der Waals surface area (Å²) >= 11 is 1.70. The summed E-state index contributed by atoms with van der Waals surface area (Å²) in [6, 6.07) is 9.42. The van der Waals surface area contributed by atoms with E-state index in [4.69, 9.17) is 5.11 Å². The minimum atomic E-state index is -0.874. The molecule has 0 radical (unpaired) electrons. The van der Waals surface area contributed by atoms with Crippen molar-refractivity contribution in [3.8, 4) is 0 Å². The van der Waals surface area contributed by atoms with E-state index in [1.807, 2.05) is 18.3 Å². The number of nitrogens with zero attached hydrogens (tertiary/aromatic N) is 1. The molecule has 1 aromatic carbocycles. The Kier molecular flexibility index (Phi) is 3.09. The Morgan fingerprint density at radius 3 is 2.89 bits per heavy atom. The third kappa shape index (κ3) is 2.27. The van der Waals surface area contributed by atoms with Crippen molar-refractivity contribution in [3.05, 3.63) is 58.4 Å². The third-order valence-electron chi connectivity index (χ3n) is 3.27. The topological polar surface area (TPSA) is 42.2 Å². The molecule has 4 heteroatoms. The van der Waals surface area contributed by atoms with Gasteiger partial charge in [0.25, 0.3) is 0 Å². The molecule has 3 nitrogen and oxygen atoms in total. The van der Waals surface area contributed by atoms with Gasteiger partial charge in [0.15, 0.2) is 0 Å². The average Bonchev–Trinajstić information content (AvgIpc) is 3.05. The van der Waals surface area contributed by atoms with Gasteiger partial charge in [0, 0.05) is 23.6 Å². The van der Waals surface area contributed by atoms with Gasteiger partial charge in [-0.25, -0.2) is 4.79 Å². The van der Waals surface area contributed by atoms with Crippen LogP contribution in [0.3, 0.4) is 0 Å². The molecule has 0 spiro atoms. The number of carboxylic acid groups (broad SMARTS) is 1. The molecular weight excluding hydrogens is 258 g/mol. The highest BCUT2D eigenvalue weighted by Gasteiger charge is 2.10.